The zero-order valence-electron chi connectivity index (χ0n) is 10.1. The molecular weight excluding hydrogens is 415 g/mol. The topological polar surface area (TPSA) is 26.0 Å². The maximum Gasteiger partial charge on any atom is 0.132 e. The first-order chi connectivity index (χ1) is 9.38. The Labute approximate surface area is 137 Å². The average molecular weight is 425 g/mol. The van der Waals surface area contributed by atoms with Gasteiger partial charge in [-0.25, -0.2) is 8.78 Å². The van der Waals surface area contributed by atoms with Gasteiger partial charge in [-0.3, -0.25) is 0 Å². The molecule has 20 heavy (non-hydrogen) atoms. The highest BCUT2D eigenvalue weighted by molar-refractivity contribution is 9.10. The molecule has 0 aromatic heterocycles. The van der Waals surface area contributed by atoms with E-state index in [4.69, 9.17) is 17.3 Å². The van der Waals surface area contributed by atoms with Gasteiger partial charge in [0.15, 0.2) is 0 Å². The van der Waals surface area contributed by atoms with Crippen LogP contribution in [0.15, 0.2) is 39.3 Å². The van der Waals surface area contributed by atoms with Crippen molar-refractivity contribution in [3.63, 3.8) is 0 Å². The molecule has 1 atom stereocenters. The molecule has 106 valence electrons. The summed E-state index contributed by atoms with van der Waals surface area (Å²) in [5, 5.41) is 0.507. The first-order valence-electron chi connectivity index (χ1n) is 5.72. The van der Waals surface area contributed by atoms with Crippen LogP contribution in [-0.4, -0.2) is 0 Å². The molecule has 0 aliphatic rings. The minimum Gasteiger partial charge on any atom is -0.323 e. The maximum absolute atomic E-state index is 13.8. The normalized spacial score (nSPS) is 12.5. The molecule has 0 aliphatic carbocycles. The molecule has 0 saturated carbocycles. The largest absolute Gasteiger partial charge is 0.323 e. The molecule has 0 spiro atoms. The van der Waals surface area contributed by atoms with Crippen LogP contribution in [0, 0.1) is 11.6 Å². The zero-order valence-corrected chi connectivity index (χ0v) is 14.1. The predicted molar refractivity (Wildman–Crippen MR) is 83.8 cm³/mol. The van der Waals surface area contributed by atoms with Crippen molar-refractivity contribution in [1.82, 2.24) is 0 Å². The summed E-state index contributed by atoms with van der Waals surface area (Å²) >= 11 is 12.4. The van der Waals surface area contributed by atoms with Crippen molar-refractivity contribution >= 4 is 43.5 Å². The van der Waals surface area contributed by atoms with Crippen LogP contribution in [-0.2, 0) is 6.42 Å². The van der Waals surface area contributed by atoms with E-state index in [1.54, 1.807) is 12.1 Å². The summed E-state index contributed by atoms with van der Waals surface area (Å²) in [7, 11) is 0. The van der Waals surface area contributed by atoms with Crippen molar-refractivity contribution in [2.75, 3.05) is 0 Å². The van der Waals surface area contributed by atoms with Gasteiger partial charge in [0.05, 0.1) is 0 Å². The number of hydrogen-bond acceptors (Lipinski definition) is 1. The third-order valence-electron chi connectivity index (χ3n) is 2.87. The Hall–Kier alpha value is -0.490. The highest BCUT2D eigenvalue weighted by Gasteiger charge is 2.19. The molecule has 0 heterocycles. The van der Waals surface area contributed by atoms with Crippen molar-refractivity contribution in [2.24, 2.45) is 5.73 Å². The van der Waals surface area contributed by atoms with Crippen molar-refractivity contribution in [2.45, 2.75) is 12.5 Å². The lowest BCUT2D eigenvalue weighted by atomic mass is 9.99. The Bertz CT molecular complexity index is 626. The van der Waals surface area contributed by atoms with E-state index >= 15 is 0 Å². The molecular formula is C14H10Br2ClF2N. The summed E-state index contributed by atoms with van der Waals surface area (Å²) in [4.78, 5) is 0. The Morgan fingerprint density at radius 3 is 2.20 bits per heavy atom. The van der Waals surface area contributed by atoms with E-state index in [0.29, 0.717) is 9.50 Å². The number of benzene rings is 2. The lowest BCUT2D eigenvalue weighted by Crippen LogP contribution is -2.17. The van der Waals surface area contributed by atoms with Crippen molar-refractivity contribution in [3.05, 3.63) is 67.1 Å². The van der Waals surface area contributed by atoms with E-state index in [2.05, 4.69) is 31.9 Å². The van der Waals surface area contributed by atoms with Crippen LogP contribution in [0.2, 0.25) is 5.02 Å². The summed E-state index contributed by atoms with van der Waals surface area (Å²) in [6, 6.07) is 6.89. The molecule has 1 nitrogen and oxygen atoms in total. The van der Waals surface area contributed by atoms with Crippen LogP contribution in [0.4, 0.5) is 8.78 Å². The standard InChI is InChI=1S/C14H10Br2ClF2N/c15-8-2-1-7(10(17)4-8)3-13(20)14-11(18)5-9(16)6-12(14)19/h1-2,4-6,13H,3,20H2. The quantitative estimate of drug-likeness (QED) is 0.702. The number of halogens is 5. The summed E-state index contributed by atoms with van der Waals surface area (Å²) in [6.07, 6.45) is 0.252. The van der Waals surface area contributed by atoms with Crippen molar-refractivity contribution in [3.8, 4) is 0 Å². The van der Waals surface area contributed by atoms with Crippen LogP contribution in [0.5, 0.6) is 0 Å². The zero-order chi connectivity index (χ0) is 14.9. The van der Waals surface area contributed by atoms with E-state index in [0.717, 1.165) is 10.0 Å². The number of hydrogen-bond donors (Lipinski definition) is 1. The van der Waals surface area contributed by atoms with Gasteiger partial charge in [0.2, 0.25) is 0 Å². The molecule has 6 heteroatoms. The Morgan fingerprint density at radius 1 is 1.05 bits per heavy atom. The van der Waals surface area contributed by atoms with Crippen LogP contribution in [0.3, 0.4) is 0 Å². The van der Waals surface area contributed by atoms with Gasteiger partial charge in [-0.2, -0.15) is 0 Å². The van der Waals surface area contributed by atoms with Gasteiger partial charge >= 0.3 is 0 Å². The van der Waals surface area contributed by atoms with Gasteiger partial charge < -0.3 is 5.73 Å². The highest BCUT2D eigenvalue weighted by Crippen LogP contribution is 2.29. The van der Waals surface area contributed by atoms with Gasteiger partial charge in [-0.15, -0.1) is 0 Å². The second kappa shape index (κ2) is 6.52. The fourth-order valence-corrected chi connectivity index (χ4v) is 3.09. The van der Waals surface area contributed by atoms with Gasteiger partial charge in [-0.05, 0) is 36.2 Å². The molecule has 2 aromatic carbocycles. The molecule has 2 rings (SSSR count). The molecule has 2 N–H and O–H groups in total. The SMILES string of the molecule is NC(Cc1ccc(Br)cc1Cl)c1c(F)cc(Br)cc1F. The van der Waals surface area contributed by atoms with Crippen LogP contribution < -0.4 is 5.73 Å². The van der Waals surface area contributed by atoms with Crippen molar-refractivity contribution < 1.29 is 8.78 Å². The molecule has 0 amide bonds. The summed E-state index contributed by atoms with van der Waals surface area (Å²) < 4.78 is 28.8. The molecule has 1 unspecified atom stereocenters. The Balaban J connectivity index is 2.31. The van der Waals surface area contributed by atoms with Crippen LogP contribution in [0.1, 0.15) is 17.2 Å². The maximum atomic E-state index is 13.8. The lowest BCUT2D eigenvalue weighted by Gasteiger charge is -2.15. The predicted octanol–water partition coefficient (Wildman–Crippen LogP) is 5.39. The van der Waals surface area contributed by atoms with E-state index in [1.807, 2.05) is 6.07 Å². The smallest absolute Gasteiger partial charge is 0.132 e. The number of nitrogens with two attached hydrogens (primary N) is 1. The minimum absolute atomic E-state index is 0.132. The van der Waals surface area contributed by atoms with E-state index in [1.165, 1.54) is 12.1 Å². The van der Waals surface area contributed by atoms with E-state index in [9.17, 15) is 8.78 Å². The number of rotatable bonds is 3. The molecule has 0 aliphatic heterocycles. The molecule has 0 radical (unpaired) electrons. The van der Waals surface area contributed by atoms with Crippen molar-refractivity contribution in [1.29, 1.82) is 0 Å². The summed E-state index contributed by atoms with van der Waals surface area (Å²) in [6.45, 7) is 0. The van der Waals surface area contributed by atoms with E-state index < -0.39 is 17.7 Å². The van der Waals surface area contributed by atoms with Gasteiger partial charge in [0, 0.05) is 25.6 Å². The average Bonchev–Trinajstić information content (AvgIpc) is 2.31. The fraction of sp³-hybridized carbons (Fsp3) is 0.143. The molecule has 0 saturated heterocycles. The first kappa shape index (κ1) is 15.9. The lowest BCUT2D eigenvalue weighted by molar-refractivity contribution is 0.523. The second-order valence-corrected chi connectivity index (χ2v) is 6.57. The third kappa shape index (κ3) is 3.58. The van der Waals surface area contributed by atoms with Gasteiger partial charge in [0.25, 0.3) is 0 Å². The highest BCUT2D eigenvalue weighted by atomic mass is 79.9. The third-order valence-corrected chi connectivity index (χ3v) is 4.17. The summed E-state index contributed by atoms with van der Waals surface area (Å²) in [5.41, 5.74) is 6.53. The minimum atomic E-state index is -0.804. The molecule has 0 fully saturated rings. The van der Waals surface area contributed by atoms with Crippen LogP contribution in [0.25, 0.3) is 0 Å². The molecule has 2 aromatic rings. The van der Waals surface area contributed by atoms with Gasteiger partial charge in [0.1, 0.15) is 11.6 Å². The Morgan fingerprint density at radius 2 is 1.65 bits per heavy atom. The van der Waals surface area contributed by atoms with E-state index in [-0.39, 0.29) is 12.0 Å². The fourth-order valence-electron chi connectivity index (χ4n) is 1.93. The summed E-state index contributed by atoms with van der Waals surface area (Å²) in [5.74, 6) is -1.34. The Kier molecular flexibility index (Phi) is 5.18. The monoisotopic (exact) mass is 423 g/mol. The second-order valence-electron chi connectivity index (χ2n) is 4.33. The first-order valence-corrected chi connectivity index (χ1v) is 7.69. The van der Waals surface area contributed by atoms with Crippen LogP contribution >= 0.6 is 43.5 Å². The molecule has 0 bridgehead atoms. The van der Waals surface area contributed by atoms with Gasteiger partial charge in [-0.1, -0.05) is 49.5 Å².